The third-order valence-corrected chi connectivity index (χ3v) is 3.91. The van der Waals surface area contributed by atoms with E-state index in [4.69, 9.17) is 15.2 Å². The van der Waals surface area contributed by atoms with Crippen LogP contribution in [0, 0.1) is 0 Å². The molecule has 0 atom stereocenters. The Morgan fingerprint density at radius 2 is 2.08 bits per heavy atom. The maximum atomic E-state index is 5.90. The van der Waals surface area contributed by atoms with Crippen LogP contribution in [0.2, 0.25) is 0 Å². The fourth-order valence-corrected chi connectivity index (χ4v) is 2.61. The van der Waals surface area contributed by atoms with Gasteiger partial charge in [0, 0.05) is 32.7 Å². The lowest BCUT2D eigenvalue weighted by Gasteiger charge is -2.26. The minimum Gasteiger partial charge on any atom is -0.496 e. The molecule has 0 unspecified atom stereocenters. The van der Waals surface area contributed by atoms with E-state index >= 15 is 0 Å². The summed E-state index contributed by atoms with van der Waals surface area (Å²) in [6, 6.07) is 8.02. The minimum absolute atomic E-state index is 0. The number of hydrogen-bond acceptors (Lipinski definition) is 4. The molecular formula is C17H29IN4O2. The first kappa shape index (κ1) is 21.0. The lowest BCUT2D eigenvalue weighted by molar-refractivity contribution is 0.0377. The summed E-state index contributed by atoms with van der Waals surface area (Å²) >= 11 is 0. The van der Waals surface area contributed by atoms with Gasteiger partial charge >= 0.3 is 0 Å². The van der Waals surface area contributed by atoms with Gasteiger partial charge in [-0.05, 0) is 24.5 Å². The normalized spacial score (nSPS) is 15.6. The number of ether oxygens (including phenoxy) is 2. The Morgan fingerprint density at radius 1 is 1.33 bits per heavy atom. The number of guanidine groups is 1. The van der Waals surface area contributed by atoms with Crippen molar-refractivity contribution >= 4 is 29.9 Å². The Bertz CT molecular complexity index is 493. The number of rotatable bonds is 8. The highest BCUT2D eigenvalue weighted by atomic mass is 127. The number of nitrogens with zero attached hydrogens (tertiary/aromatic N) is 2. The number of nitrogens with two attached hydrogens (primary N) is 1. The number of methoxy groups -OCH3 is 1. The van der Waals surface area contributed by atoms with E-state index in [9.17, 15) is 0 Å². The molecule has 0 amide bonds. The molecule has 1 aromatic carbocycles. The van der Waals surface area contributed by atoms with Gasteiger partial charge in [0.15, 0.2) is 5.96 Å². The third kappa shape index (κ3) is 7.67. The van der Waals surface area contributed by atoms with Crippen molar-refractivity contribution in [1.29, 1.82) is 0 Å². The molecule has 1 aliphatic rings. The topological polar surface area (TPSA) is 72.1 Å². The van der Waals surface area contributed by atoms with Gasteiger partial charge in [0.25, 0.3) is 0 Å². The van der Waals surface area contributed by atoms with Crippen LogP contribution in [0.5, 0.6) is 5.75 Å². The Morgan fingerprint density at radius 3 is 2.83 bits per heavy atom. The molecule has 3 N–H and O–H groups in total. The summed E-state index contributed by atoms with van der Waals surface area (Å²) in [6.07, 6.45) is 1.88. The van der Waals surface area contributed by atoms with E-state index in [1.807, 2.05) is 18.2 Å². The predicted octanol–water partition coefficient (Wildman–Crippen LogP) is 1.48. The highest BCUT2D eigenvalue weighted by Crippen LogP contribution is 2.17. The summed E-state index contributed by atoms with van der Waals surface area (Å²) in [6.45, 7) is 6.30. The van der Waals surface area contributed by atoms with Gasteiger partial charge < -0.3 is 20.5 Å². The van der Waals surface area contributed by atoms with Crippen molar-refractivity contribution in [1.82, 2.24) is 10.2 Å². The van der Waals surface area contributed by atoms with Gasteiger partial charge in [-0.3, -0.25) is 9.89 Å². The van der Waals surface area contributed by atoms with Crippen molar-refractivity contribution in [3.63, 3.8) is 0 Å². The molecule has 0 bridgehead atoms. The molecule has 6 nitrogen and oxygen atoms in total. The molecule has 0 radical (unpaired) electrons. The van der Waals surface area contributed by atoms with E-state index in [1.54, 1.807) is 7.11 Å². The van der Waals surface area contributed by atoms with Crippen molar-refractivity contribution in [2.75, 3.05) is 53.0 Å². The number of halogens is 1. The summed E-state index contributed by atoms with van der Waals surface area (Å²) in [5.74, 6) is 1.43. The molecule has 0 spiro atoms. The Hall–Kier alpha value is -1.06. The number of aliphatic imine (C=N–C) groups is 1. The summed E-state index contributed by atoms with van der Waals surface area (Å²) in [5, 5.41) is 3.16. The molecule has 0 saturated carbocycles. The monoisotopic (exact) mass is 448 g/mol. The van der Waals surface area contributed by atoms with Crippen LogP contribution in [0.1, 0.15) is 12.0 Å². The van der Waals surface area contributed by atoms with Crippen LogP contribution >= 0.6 is 24.0 Å². The van der Waals surface area contributed by atoms with Crippen LogP contribution in [0.3, 0.4) is 0 Å². The molecular weight excluding hydrogens is 419 g/mol. The second-order valence-electron chi connectivity index (χ2n) is 5.56. The second kappa shape index (κ2) is 12.3. The average molecular weight is 448 g/mol. The maximum absolute atomic E-state index is 5.90. The average Bonchev–Trinajstić information content (AvgIpc) is 2.60. The first-order valence-electron chi connectivity index (χ1n) is 8.25. The molecule has 0 aromatic heterocycles. The molecule has 24 heavy (non-hydrogen) atoms. The van der Waals surface area contributed by atoms with Crippen LogP contribution in [-0.2, 0) is 11.2 Å². The van der Waals surface area contributed by atoms with Gasteiger partial charge in [-0.1, -0.05) is 18.2 Å². The van der Waals surface area contributed by atoms with E-state index in [0.717, 1.165) is 64.5 Å². The van der Waals surface area contributed by atoms with Crippen molar-refractivity contribution < 1.29 is 9.47 Å². The zero-order valence-electron chi connectivity index (χ0n) is 14.4. The highest BCUT2D eigenvalue weighted by Gasteiger charge is 2.08. The largest absolute Gasteiger partial charge is 0.496 e. The van der Waals surface area contributed by atoms with Gasteiger partial charge in [0.05, 0.1) is 20.3 Å². The van der Waals surface area contributed by atoms with Crippen LogP contribution in [0.25, 0.3) is 0 Å². The molecule has 1 fully saturated rings. The predicted molar refractivity (Wildman–Crippen MR) is 108 cm³/mol. The van der Waals surface area contributed by atoms with Crippen LogP contribution in [0.4, 0.5) is 0 Å². The fourth-order valence-electron chi connectivity index (χ4n) is 2.61. The number of morpholine rings is 1. The Kier molecular flexibility index (Phi) is 10.8. The standard InChI is InChI=1S/C17H28N4O2.HI/c1-22-16-6-3-2-5-15(16)7-9-20-17(18)19-8-4-10-21-11-13-23-14-12-21;/h2-3,5-6H,4,7-14H2,1H3,(H3,18,19,20);1H. The zero-order valence-corrected chi connectivity index (χ0v) is 16.7. The minimum atomic E-state index is 0. The lowest BCUT2D eigenvalue weighted by Crippen LogP contribution is -2.37. The van der Waals surface area contributed by atoms with Crippen LogP contribution in [0.15, 0.2) is 29.3 Å². The summed E-state index contributed by atoms with van der Waals surface area (Å²) in [5.41, 5.74) is 7.07. The molecule has 1 aliphatic heterocycles. The molecule has 1 heterocycles. The second-order valence-corrected chi connectivity index (χ2v) is 5.56. The lowest BCUT2D eigenvalue weighted by atomic mass is 10.1. The van der Waals surface area contributed by atoms with Crippen molar-refractivity contribution in [3.05, 3.63) is 29.8 Å². The molecule has 136 valence electrons. The molecule has 1 saturated heterocycles. The zero-order chi connectivity index (χ0) is 16.3. The molecule has 7 heteroatoms. The van der Waals surface area contributed by atoms with Gasteiger partial charge in [-0.25, -0.2) is 0 Å². The quantitative estimate of drug-likeness (QED) is 0.273. The number of benzene rings is 1. The molecule has 2 rings (SSSR count). The van der Waals surface area contributed by atoms with Crippen LogP contribution < -0.4 is 15.8 Å². The van der Waals surface area contributed by atoms with Gasteiger partial charge in [0.1, 0.15) is 5.75 Å². The Balaban J connectivity index is 0.00000288. The van der Waals surface area contributed by atoms with Crippen LogP contribution in [-0.4, -0.2) is 63.9 Å². The van der Waals surface area contributed by atoms with E-state index < -0.39 is 0 Å². The Labute approximate surface area is 161 Å². The highest BCUT2D eigenvalue weighted by molar-refractivity contribution is 14.0. The first-order valence-corrected chi connectivity index (χ1v) is 8.25. The number of para-hydroxylation sites is 1. The molecule has 1 aromatic rings. The fraction of sp³-hybridized carbons (Fsp3) is 0.588. The first-order chi connectivity index (χ1) is 11.3. The van der Waals surface area contributed by atoms with Gasteiger partial charge in [-0.15, -0.1) is 24.0 Å². The summed E-state index contributed by atoms with van der Waals surface area (Å²) in [7, 11) is 1.69. The molecule has 0 aliphatic carbocycles. The van der Waals surface area contributed by atoms with E-state index in [1.165, 1.54) is 5.56 Å². The number of hydrogen-bond donors (Lipinski definition) is 2. The van der Waals surface area contributed by atoms with E-state index in [2.05, 4.69) is 21.3 Å². The number of nitrogens with one attached hydrogen (secondary N) is 1. The smallest absolute Gasteiger partial charge is 0.188 e. The van der Waals surface area contributed by atoms with Crippen molar-refractivity contribution in [2.24, 2.45) is 10.7 Å². The van der Waals surface area contributed by atoms with Crippen molar-refractivity contribution in [2.45, 2.75) is 12.8 Å². The summed E-state index contributed by atoms with van der Waals surface area (Å²) in [4.78, 5) is 6.78. The SMILES string of the molecule is COc1ccccc1CCNC(N)=NCCCN1CCOCC1.I. The summed E-state index contributed by atoms with van der Waals surface area (Å²) < 4.78 is 10.7. The van der Waals surface area contributed by atoms with Gasteiger partial charge in [0.2, 0.25) is 0 Å². The van der Waals surface area contributed by atoms with Gasteiger partial charge in [-0.2, -0.15) is 0 Å². The third-order valence-electron chi connectivity index (χ3n) is 3.91. The van der Waals surface area contributed by atoms with E-state index in [-0.39, 0.29) is 24.0 Å². The van der Waals surface area contributed by atoms with E-state index in [0.29, 0.717) is 5.96 Å². The van der Waals surface area contributed by atoms with Crippen molar-refractivity contribution in [3.8, 4) is 5.75 Å². The maximum Gasteiger partial charge on any atom is 0.188 e.